The number of hydrogen-bond donors (Lipinski definition) is 0. The highest BCUT2D eigenvalue weighted by Crippen LogP contribution is 2.52. The van der Waals surface area contributed by atoms with E-state index in [0.717, 1.165) is 0 Å². The molecule has 10 aliphatic carbocycles. The Balaban J connectivity index is 2.00. The molecule has 0 atom stereocenters. The largest absolute Gasteiger partial charge is 0.493 e. The molecule has 0 fully saturated rings. The van der Waals surface area contributed by atoms with Gasteiger partial charge in [0, 0.05) is 152 Å². The summed E-state index contributed by atoms with van der Waals surface area (Å²) in [6.07, 6.45) is -110. The molecule has 0 spiro atoms. The van der Waals surface area contributed by atoms with Gasteiger partial charge in [-0.1, -0.05) is 0 Å². The molecule has 60 heteroatoms. The third kappa shape index (κ3) is 34.8. The number of ether oxygens (including phenoxy) is 10. The molecule has 5 aromatic rings. The van der Waals surface area contributed by atoms with Gasteiger partial charge in [0.25, 0.3) is 0 Å². The summed E-state index contributed by atoms with van der Waals surface area (Å²) >= 11 is 0. The van der Waals surface area contributed by atoms with Crippen LogP contribution in [0, 0.1) is 0 Å². The fourth-order valence-corrected chi connectivity index (χ4v) is 13.2. The maximum absolute atomic E-state index is 14.7. The molecule has 0 radical (unpaired) electrons. The first kappa shape index (κ1) is 124. The monoisotopic (exact) mass is 2210 g/mol. The van der Waals surface area contributed by atoms with Crippen molar-refractivity contribution in [1.82, 2.24) is 0 Å². The second kappa shape index (κ2) is 47.2. The van der Waals surface area contributed by atoms with Crippen LogP contribution in [-0.4, -0.2) is 187 Å². The number of rotatable bonds is 50. The molecule has 0 saturated heterocycles. The third-order valence-corrected chi connectivity index (χ3v) is 21.2. The maximum Gasteiger partial charge on any atom is 0.453 e. The Hall–Kier alpha value is -9.40. The van der Waals surface area contributed by atoms with Crippen LogP contribution in [0.25, 0.3) is 0 Å². The highest BCUT2D eigenvalue weighted by molar-refractivity contribution is 5.60. The standard InChI is InChI=1S/C85H80F50O10/c86-66(87,76(106,107)108)11-1-21-136-56-36-47-32-49-39-61(141-26-6-16-71(96,97)81(121,122)123)51(41-60(49)140-25-5-15-70(94,95)80(118,119)120)34-53-43-65(145-30-10-20-75(104,105)85(133,134)135)55(45-64(53)144-29-9-19-74(102,103)84(130,131)132)35-54-44-62(142-27-7-17-72(98,99)82(124,125)126)52(42-63(54)143-28-8-18-73(100,101)83(127,128)129)33-50-40-58(138-23-3-13-68(90,91)78(112,113)114)48(38-59(50)139-24-4-14-69(92,93)79(115,116)117)31-46(56)37-57(47)137-22-2-12-67(88,89)77(109,110)111/h36-45H,1-35H2. The fourth-order valence-electron chi connectivity index (χ4n) is 13.2. The van der Waals surface area contributed by atoms with Crippen molar-refractivity contribution < 1.29 is 267 Å². The summed E-state index contributed by atoms with van der Waals surface area (Å²) in [5, 5.41) is 0. The van der Waals surface area contributed by atoms with Crippen molar-refractivity contribution in [3.8, 4) is 57.5 Å². The van der Waals surface area contributed by atoms with Crippen molar-refractivity contribution in [3.63, 3.8) is 0 Å². The first-order valence-electron chi connectivity index (χ1n) is 42.2. The van der Waals surface area contributed by atoms with Gasteiger partial charge in [-0.3, -0.25) is 0 Å². The van der Waals surface area contributed by atoms with Crippen LogP contribution in [0.4, 0.5) is 220 Å². The highest BCUT2D eigenvalue weighted by Gasteiger charge is 2.64. The van der Waals surface area contributed by atoms with Crippen molar-refractivity contribution in [2.24, 2.45) is 0 Å². The molecule has 0 saturated carbocycles. The van der Waals surface area contributed by atoms with Crippen LogP contribution < -0.4 is 47.4 Å². The van der Waals surface area contributed by atoms with Crippen molar-refractivity contribution in [2.75, 3.05) is 66.1 Å². The summed E-state index contributed by atoms with van der Waals surface area (Å²) in [4.78, 5) is 0. The van der Waals surface area contributed by atoms with Crippen LogP contribution in [0.2, 0.25) is 0 Å². The minimum Gasteiger partial charge on any atom is -0.493 e. The maximum atomic E-state index is 14.7. The molecule has 830 valence electrons. The molecule has 0 aromatic heterocycles. The summed E-state index contributed by atoms with van der Waals surface area (Å²) in [5.74, 6) is -68.3. The number of halogens is 50. The van der Waals surface area contributed by atoms with E-state index in [1.54, 1.807) is 0 Å². The van der Waals surface area contributed by atoms with Crippen molar-refractivity contribution in [3.05, 3.63) is 116 Å². The third-order valence-electron chi connectivity index (χ3n) is 21.2. The molecule has 145 heavy (non-hydrogen) atoms. The zero-order valence-corrected chi connectivity index (χ0v) is 73.5. The Kier molecular flexibility index (Phi) is 40.5. The SMILES string of the molecule is FC(F)(F)C(F)(F)CCCOc1cc2c(OCCCC(F)(F)C(F)(F)F)cc1Cc1cc(OCCCC(F)(F)C(F)(F)F)c(cc1OCCCC(F)(F)C(F)(F)F)Cc1cc(OCCCC(F)(F)C(F)(F)F)c(cc1OCCCC(F)(F)C(F)(F)F)Cc1cc(OCCCC(F)(F)C(F)(F)F)c(cc1OCCCC(F)(F)C(F)(F)F)Cc1cc(OCCCC(F)(F)C(F)(F)F)c(cc1OCCCC(F)(F)C(F)(F)F)C2. The van der Waals surface area contributed by atoms with Gasteiger partial charge < -0.3 is 47.4 Å². The minimum absolute atomic E-state index is 0.463. The molecule has 0 heterocycles. The van der Waals surface area contributed by atoms with Gasteiger partial charge in [-0.05, 0) is 125 Å². The van der Waals surface area contributed by atoms with Crippen LogP contribution >= 0.6 is 0 Å². The topological polar surface area (TPSA) is 92.3 Å². The molecule has 10 nitrogen and oxygen atoms in total. The Morgan fingerprint density at radius 1 is 0.124 bits per heavy atom. The first-order chi connectivity index (χ1) is 65.7. The smallest absolute Gasteiger partial charge is 0.453 e. The quantitative estimate of drug-likeness (QED) is 0.0272. The van der Waals surface area contributed by atoms with E-state index in [9.17, 15) is 220 Å². The van der Waals surface area contributed by atoms with E-state index in [4.69, 9.17) is 47.4 Å². The molecule has 15 rings (SSSR count). The van der Waals surface area contributed by atoms with Gasteiger partial charge >= 0.3 is 121 Å². The van der Waals surface area contributed by atoms with E-state index in [0.29, 0.717) is 60.7 Å². The predicted octanol–water partition coefficient (Wildman–Crippen LogP) is 31.5. The van der Waals surface area contributed by atoms with Gasteiger partial charge in [0.15, 0.2) is 0 Å². The molecule has 10 aliphatic rings. The van der Waals surface area contributed by atoms with Crippen molar-refractivity contribution in [1.29, 1.82) is 0 Å². The second-order valence-corrected chi connectivity index (χ2v) is 32.8. The summed E-state index contributed by atoms with van der Waals surface area (Å²) < 4.78 is 764. The van der Waals surface area contributed by atoms with Crippen LogP contribution in [-0.2, 0) is 32.1 Å². The Morgan fingerprint density at radius 2 is 0.193 bits per heavy atom. The average Bonchev–Trinajstić information content (AvgIpc) is 1.53. The molecule has 0 unspecified atom stereocenters. The normalized spacial score (nSPS) is 14.6. The minimum atomic E-state index is -6.43. The number of hydrogen-bond acceptors (Lipinski definition) is 10. The molecule has 5 aromatic carbocycles. The zero-order valence-electron chi connectivity index (χ0n) is 73.5. The second-order valence-electron chi connectivity index (χ2n) is 32.8. The molecule has 10 bridgehead atoms. The van der Waals surface area contributed by atoms with Gasteiger partial charge in [0.2, 0.25) is 0 Å². The van der Waals surface area contributed by atoms with E-state index in [1.165, 1.54) is 0 Å². The molecular formula is C85H80F50O10. The lowest BCUT2D eigenvalue weighted by Gasteiger charge is -2.24. The fraction of sp³-hybridized carbons (Fsp3) is 0.647. The summed E-state index contributed by atoms with van der Waals surface area (Å²) in [6, 6.07) is 4.63. The molecular weight excluding hydrogens is 2130 g/mol. The average molecular weight is 2210 g/mol. The Bertz CT molecular complexity index is 3950. The Labute approximate surface area is 786 Å². The van der Waals surface area contributed by atoms with Crippen LogP contribution in [0.1, 0.15) is 184 Å². The van der Waals surface area contributed by atoms with E-state index < -0.39 is 461 Å². The van der Waals surface area contributed by atoms with Crippen LogP contribution in [0.15, 0.2) is 60.7 Å². The number of alkyl halides is 50. The van der Waals surface area contributed by atoms with E-state index in [1.807, 2.05) is 0 Å². The van der Waals surface area contributed by atoms with Crippen molar-refractivity contribution >= 4 is 0 Å². The lowest BCUT2D eigenvalue weighted by Crippen LogP contribution is -2.36. The molecule has 0 N–H and O–H groups in total. The van der Waals surface area contributed by atoms with Crippen LogP contribution in [0.3, 0.4) is 0 Å². The van der Waals surface area contributed by atoms with Gasteiger partial charge in [0.05, 0.1) is 66.1 Å². The van der Waals surface area contributed by atoms with Gasteiger partial charge in [0.1, 0.15) is 57.5 Å². The van der Waals surface area contributed by atoms with E-state index >= 15 is 0 Å². The van der Waals surface area contributed by atoms with E-state index in [-0.39, 0.29) is 0 Å². The van der Waals surface area contributed by atoms with Gasteiger partial charge in [-0.2, -0.15) is 220 Å². The Morgan fingerprint density at radius 3 is 0.255 bits per heavy atom. The summed E-state index contributed by atoms with van der Waals surface area (Å²) in [7, 11) is 0. The molecule has 0 amide bonds. The van der Waals surface area contributed by atoms with Gasteiger partial charge in [-0.25, -0.2) is 0 Å². The number of benzene rings is 5. The summed E-state index contributed by atoms with van der Waals surface area (Å²) in [6.45, 7) is -15.3. The van der Waals surface area contributed by atoms with Crippen LogP contribution in [0.5, 0.6) is 57.5 Å². The lowest BCUT2D eigenvalue weighted by atomic mass is 9.94. The highest BCUT2D eigenvalue weighted by atomic mass is 19.5. The molecule has 0 aliphatic heterocycles. The van der Waals surface area contributed by atoms with Crippen molar-refractivity contribution in [2.45, 2.75) is 282 Å². The van der Waals surface area contributed by atoms with Gasteiger partial charge in [-0.15, -0.1) is 0 Å². The zero-order chi connectivity index (χ0) is 110. The first-order valence-corrected chi connectivity index (χ1v) is 42.2. The lowest BCUT2D eigenvalue weighted by molar-refractivity contribution is -0.284. The summed E-state index contributed by atoms with van der Waals surface area (Å²) in [5.41, 5.74) is -9.03. The van der Waals surface area contributed by atoms with E-state index in [2.05, 4.69) is 0 Å². The predicted molar refractivity (Wildman–Crippen MR) is 404 cm³/mol.